The highest BCUT2D eigenvalue weighted by Crippen LogP contribution is 2.29. The number of alkyl halides is 3. The summed E-state index contributed by atoms with van der Waals surface area (Å²) in [7, 11) is 0. The van der Waals surface area contributed by atoms with Crippen LogP contribution in [-0.4, -0.2) is 10.9 Å². The highest BCUT2D eigenvalue weighted by atomic mass is 19.4. The molecule has 0 spiro atoms. The molecule has 3 nitrogen and oxygen atoms in total. The number of primary amides is 1. The molecular weight excluding hydrogens is 197 g/mol. The second-order valence-electron chi connectivity index (χ2n) is 2.74. The fourth-order valence-corrected chi connectivity index (χ4v) is 0.958. The molecule has 0 aliphatic rings. The first-order valence-electron chi connectivity index (χ1n) is 3.66. The second kappa shape index (κ2) is 3.28. The predicted molar refractivity (Wildman–Crippen MR) is 42.5 cm³/mol. The third-order valence-corrected chi connectivity index (χ3v) is 1.53. The van der Waals surface area contributed by atoms with Crippen LogP contribution in [-0.2, 0) is 6.18 Å². The van der Waals surface area contributed by atoms with Crippen LogP contribution < -0.4 is 5.73 Å². The van der Waals surface area contributed by atoms with Gasteiger partial charge in [0.25, 0.3) is 5.91 Å². The number of nitrogens with two attached hydrogens (primary N) is 1. The molecule has 1 amide bonds. The predicted octanol–water partition coefficient (Wildman–Crippen LogP) is 1.51. The van der Waals surface area contributed by atoms with Crippen molar-refractivity contribution < 1.29 is 18.0 Å². The van der Waals surface area contributed by atoms with Crippen molar-refractivity contribution in [2.24, 2.45) is 5.73 Å². The smallest absolute Gasteiger partial charge is 0.364 e. The van der Waals surface area contributed by atoms with E-state index in [-0.39, 0.29) is 11.4 Å². The minimum absolute atomic E-state index is 0.105. The number of hydrogen-bond acceptors (Lipinski definition) is 2. The average molecular weight is 204 g/mol. The molecule has 0 saturated carbocycles. The Hall–Kier alpha value is -1.59. The maximum atomic E-state index is 12.2. The minimum atomic E-state index is -4.49. The van der Waals surface area contributed by atoms with Gasteiger partial charge in [-0.1, -0.05) is 0 Å². The summed E-state index contributed by atoms with van der Waals surface area (Å²) in [5.74, 6) is -0.973. The summed E-state index contributed by atoms with van der Waals surface area (Å²) >= 11 is 0. The van der Waals surface area contributed by atoms with Gasteiger partial charge in [0.1, 0.15) is 5.69 Å². The number of aromatic nitrogens is 1. The van der Waals surface area contributed by atoms with E-state index in [1.165, 1.54) is 6.92 Å². The van der Waals surface area contributed by atoms with E-state index in [2.05, 4.69) is 4.98 Å². The van der Waals surface area contributed by atoms with Gasteiger partial charge in [-0.25, -0.2) is 4.98 Å². The van der Waals surface area contributed by atoms with Crippen LogP contribution in [0.4, 0.5) is 13.2 Å². The summed E-state index contributed by atoms with van der Waals surface area (Å²) in [6.07, 6.45) is -4.49. The van der Waals surface area contributed by atoms with E-state index in [1.807, 2.05) is 0 Å². The minimum Gasteiger partial charge on any atom is -0.364 e. The molecular formula is C8H7F3N2O. The maximum Gasteiger partial charge on any atom is 0.416 e. The molecule has 1 aromatic heterocycles. The highest BCUT2D eigenvalue weighted by Gasteiger charge is 2.31. The van der Waals surface area contributed by atoms with E-state index in [4.69, 9.17) is 5.73 Å². The Morgan fingerprint density at radius 3 is 2.43 bits per heavy atom. The van der Waals surface area contributed by atoms with E-state index < -0.39 is 17.6 Å². The molecule has 0 unspecified atom stereocenters. The lowest BCUT2D eigenvalue weighted by Crippen LogP contribution is -2.16. The van der Waals surface area contributed by atoms with Crippen molar-refractivity contribution in [1.82, 2.24) is 4.98 Å². The van der Waals surface area contributed by atoms with Gasteiger partial charge in [0.15, 0.2) is 0 Å². The summed E-state index contributed by atoms with van der Waals surface area (Å²) in [5.41, 5.74) is 3.64. The third kappa shape index (κ3) is 2.21. The number of carbonyl (C=O) groups is 1. The van der Waals surface area contributed by atoms with Crippen LogP contribution in [0.15, 0.2) is 12.1 Å². The summed E-state index contributed by atoms with van der Waals surface area (Å²) in [6.45, 7) is 1.36. The topological polar surface area (TPSA) is 56.0 Å². The van der Waals surface area contributed by atoms with Gasteiger partial charge >= 0.3 is 6.18 Å². The van der Waals surface area contributed by atoms with Gasteiger partial charge in [-0.3, -0.25) is 4.79 Å². The van der Waals surface area contributed by atoms with Crippen molar-refractivity contribution >= 4 is 5.91 Å². The Labute approximate surface area is 77.7 Å². The average Bonchev–Trinajstić information content (AvgIpc) is 2.01. The number of hydrogen-bond donors (Lipinski definition) is 1. The van der Waals surface area contributed by atoms with Crippen molar-refractivity contribution in [3.63, 3.8) is 0 Å². The zero-order valence-corrected chi connectivity index (χ0v) is 7.22. The number of carbonyl (C=O) groups excluding carboxylic acids is 1. The summed E-state index contributed by atoms with van der Waals surface area (Å²) in [6, 6.07) is 1.49. The summed E-state index contributed by atoms with van der Waals surface area (Å²) in [5, 5.41) is 0. The molecule has 0 aliphatic heterocycles. The number of aryl methyl sites for hydroxylation is 1. The monoisotopic (exact) mass is 204 g/mol. The molecule has 0 aromatic carbocycles. The lowest BCUT2D eigenvalue weighted by atomic mass is 10.2. The van der Waals surface area contributed by atoms with Crippen molar-refractivity contribution in [2.45, 2.75) is 13.1 Å². The van der Waals surface area contributed by atoms with Gasteiger partial charge in [0.2, 0.25) is 0 Å². The van der Waals surface area contributed by atoms with E-state index in [9.17, 15) is 18.0 Å². The van der Waals surface area contributed by atoms with Gasteiger partial charge in [-0.05, 0) is 19.1 Å². The largest absolute Gasteiger partial charge is 0.416 e. The lowest BCUT2D eigenvalue weighted by Gasteiger charge is -2.08. The van der Waals surface area contributed by atoms with E-state index in [1.54, 1.807) is 0 Å². The SMILES string of the molecule is Cc1cc(C(F)(F)F)cc(C(N)=O)n1. The van der Waals surface area contributed by atoms with Crippen molar-refractivity contribution in [3.05, 3.63) is 29.1 Å². The third-order valence-electron chi connectivity index (χ3n) is 1.53. The van der Waals surface area contributed by atoms with Gasteiger partial charge in [0, 0.05) is 5.69 Å². The quantitative estimate of drug-likeness (QED) is 0.753. The molecule has 0 fully saturated rings. The van der Waals surface area contributed by atoms with E-state index in [0.29, 0.717) is 6.07 Å². The Morgan fingerprint density at radius 1 is 1.43 bits per heavy atom. The molecule has 0 atom stereocenters. The maximum absolute atomic E-state index is 12.2. The van der Waals surface area contributed by atoms with E-state index >= 15 is 0 Å². The number of nitrogens with zero attached hydrogens (tertiary/aromatic N) is 1. The molecule has 1 rings (SSSR count). The zero-order valence-electron chi connectivity index (χ0n) is 7.22. The Morgan fingerprint density at radius 2 is 2.00 bits per heavy atom. The first-order valence-corrected chi connectivity index (χ1v) is 3.66. The van der Waals surface area contributed by atoms with Crippen LogP contribution in [0.25, 0.3) is 0 Å². The zero-order chi connectivity index (χ0) is 10.9. The van der Waals surface area contributed by atoms with Crippen molar-refractivity contribution in [2.75, 3.05) is 0 Å². The van der Waals surface area contributed by atoms with Crippen molar-refractivity contribution in [3.8, 4) is 0 Å². The molecule has 1 heterocycles. The number of amides is 1. The van der Waals surface area contributed by atoms with Crippen LogP contribution in [0.3, 0.4) is 0 Å². The molecule has 0 bridgehead atoms. The molecule has 0 radical (unpaired) electrons. The van der Waals surface area contributed by atoms with Gasteiger partial charge in [0.05, 0.1) is 5.56 Å². The first kappa shape index (κ1) is 10.5. The second-order valence-corrected chi connectivity index (χ2v) is 2.74. The fraction of sp³-hybridized carbons (Fsp3) is 0.250. The Kier molecular flexibility index (Phi) is 2.46. The number of halogens is 3. The Balaban J connectivity index is 3.28. The van der Waals surface area contributed by atoms with Crippen LogP contribution in [0, 0.1) is 6.92 Å². The summed E-state index contributed by atoms with van der Waals surface area (Å²) in [4.78, 5) is 14.2. The van der Waals surface area contributed by atoms with Crippen molar-refractivity contribution in [1.29, 1.82) is 0 Å². The van der Waals surface area contributed by atoms with Gasteiger partial charge in [-0.2, -0.15) is 13.2 Å². The normalized spacial score (nSPS) is 11.4. The number of pyridine rings is 1. The molecule has 2 N–H and O–H groups in total. The summed E-state index contributed by atoms with van der Waals surface area (Å²) < 4.78 is 36.7. The van der Waals surface area contributed by atoms with Crippen LogP contribution in [0.2, 0.25) is 0 Å². The molecule has 0 aliphatic carbocycles. The van der Waals surface area contributed by atoms with Gasteiger partial charge in [-0.15, -0.1) is 0 Å². The van der Waals surface area contributed by atoms with E-state index in [0.717, 1.165) is 6.07 Å². The standard InChI is InChI=1S/C8H7F3N2O/c1-4-2-5(8(9,10)11)3-6(13-4)7(12)14/h2-3H,1H3,(H2,12,14). The molecule has 14 heavy (non-hydrogen) atoms. The lowest BCUT2D eigenvalue weighted by molar-refractivity contribution is -0.137. The fourth-order valence-electron chi connectivity index (χ4n) is 0.958. The van der Waals surface area contributed by atoms with Crippen LogP contribution >= 0.6 is 0 Å². The molecule has 6 heteroatoms. The first-order chi connectivity index (χ1) is 6.30. The highest BCUT2D eigenvalue weighted by molar-refractivity contribution is 5.90. The Bertz CT molecular complexity index is 373. The number of rotatable bonds is 1. The van der Waals surface area contributed by atoms with Crippen LogP contribution in [0.1, 0.15) is 21.7 Å². The molecule has 0 saturated heterocycles. The molecule has 1 aromatic rings. The van der Waals surface area contributed by atoms with Crippen LogP contribution in [0.5, 0.6) is 0 Å². The van der Waals surface area contributed by atoms with Gasteiger partial charge < -0.3 is 5.73 Å². The molecule has 76 valence electrons.